The Morgan fingerprint density at radius 2 is 1.40 bits per heavy atom. The van der Waals surface area contributed by atoms with Gasteiger partial charge in [0.05, 0.1) is 29.8 Å². The standard InChI is InChI=1S/C26H29ClN2O5S/c1-4-33-23-12-6-20(7-13-23)19(3)28-26(30)18-29(22-10-14-24(15-11-22)34-5-2)35(31,32)25-16-8-21(27)9-17-25/h6-17,19H,4-5,18H2,1-3H3,(H,28,30). The summed E-state index contributed by atoms with van der Waals surface area (Å²) in [6, 6.07) is 19.5. The van der Waals surface area contributed by atoms with Gasteiger partial charge in [0.2, 0.25) is 5.91 Å². The number of hydrogen-bond donors (Lipinski definition) is 1. The maximum atomic E-state index is 13.5. The van der Waals surface area contributed by atoms with Crippen LogP contribution in [0.3, 0.4) is 0 Å². The summed E-state index contributed by atoms with van der Waals surface area (Å²) in [4.78, 5) is 13.0. The molecule has 0 spiro atoms. The highest BCUT2D eigenvalue weighted by Crippen LogP contribution is 2.27. The van der Waals surface area contributed by atoms with Crippen molar-refractivity contribution in [3.63, 3.8) is 0 Å². The van der Waals surface area contributed by atoms with E-state index in [1.807, 2.05) is 45.0 Å². The summed E-state index contributed by atoms with van der Waals surface area (Å²) in [7, 11) is -4.05. The molecule has 1 N–H and O–H groups in total. The number of nitrogens with zero attached hydrogens (tertiary/aromatic N) is 1. The van der Waals surface area contributed by atoms with Gasteiger partial charge in [0.15, 0.2) is 0 Å². The third kappa shape index (κ3) is 6.90. The molecule has 1 amide bonds. The summed E-state index contributed by atoms with van der Waals surface area (Å²) < 4.78 is 39.0. The molecule has 3 aromatic carbocycles. The Morgan fingerprint density at radius 1 is 0.886 bits per heavy atom. The quantitative estimate of drug-likeness (QED) is 0.378. The molecule has 0 aliphatic carbocycles. The van der Waals surface area contributed by atoms with E-state index >= 15 is 0 Å². The number of anilines is 1. The number of amides is 1. The van der Waals surface area contributed by atoms with Gasteiger partial charge < -0.3 is 14.8 Å². The largest absolute Gasteiger partial charge is 0.494 e. The summed E-state index contributed by atoms with van der Waals surface area (Å²) >= 11 is 5.94. The Morgan fingerprint density at radius 3 is 1.91 bits per heavy atom. The molecule has 0 saturated carbocycles. The van der Waals surface area contributed by atoms with Crippen molar-refractivity contribution in [2.75, 3.05) is 24.1 Å². The highest BCUT2D eigenvalue weighted by molar-refractivity contribution is 7.92. The maximum absolute atomic E-state index is 13.5. The molecular weight excluding hydrogens is 488 g/mol. The predicted octanol–water partition coefficient (Wildman–Crippen LogP) is 5.21. The molecule has 0 aliphatic rings. The monoisotopic (exact) mass is 516 g/mol. The molecule has 0 radical (unpaired) electrons. The van der Waals surface area contributed by atoms with Crippen molar-refractivity contribution in [2.24, 2.45) is 0 Å². The summed E-state index contributed by atoms with van der Waals surface area (Å²) in [6.45, 7) is 6.25. The molecule has 0 heterocycles. The SMILES string of the molecule is CCOc1ccc(C(C)NC(=O)CN(c2ccc(OCC)cc2)S(=O)(=O)c2ccc(Cl)cc2)cc1. The third-order valence-electron chi connectivity index (χ3n) is 5.19. The van der Waals surface area contributed by atoms with Gasteiger partial charge in [0.1, 0.15) is 18.0 Å². The Hall–Kier alpha value is -3.23. The minimum Gasteiger partial charge on any atom is -0.494 e. The van der Waals surface area contributed by atoms with Gasteiger partial charge in [0, 0.05) is 5.02 Å². The van der Waals surface area contributed by atoms with Crippen molar-refractivity contribution in [3.8, 4) is 11.5 Å². The van der Waals surface area contributed by atoms with E-state index in [9.17, 15) is 13.2 Å². The van der Waals surface area contributed by atoms with Crippen molar-refractivity contribution in [2.45, 2.75) is 31.7 Å². The van der Waals surface area contributed by atoms with E-state index in [0.717, 1.165) is 15.6 Å². The summed E-state index contributed by atoms with van der Waals surface area (Å²) in [5.74, 6) is 0.900. The van der Waals surface area contributed by atoms with Crippen LogP contribution in [0.2, 0.25) is 5.02 Å². The third-order valence-corrected chi connectivity index (χ3v) is 7.23. The number of ether oxygens (including phenoxy) is 2. The van der Waals surface area contributed by atoms with Gasteiger partial charge in [-0.1, -0.05) is 23.7 Å². The molecule has 1 unspecified atom stereocenters. The zero-order chi connectivity index (χ0) is 25.4. The summed E-state index contributed by atoms with van der Waals surface area (Å²) in [5.41, 5.74) is 1.21. The smallest absolute Gasteiger partial charge is 0.264 e. The first-order valence-corrected chi connectivity index (χ1v) is 13.1. The Labute approximate surface area is 211 Å². The van der Waals surface area contributed by atoms with E-state index in [2.05, 4.69) is 5.32 Å². The molecule has 1 atom stereocenters. The van der Waals surface area contributed by atoms with Crippen LogP contribution in [0, 0.1) is 0 Å². The van der Waals surface area contributed by atoms with Crippen LogP contribution < -0.4 is 19.1 Å². The van der Waals surface area contributed by atoms with Crippen molar-refractivity contribution < 1.29 is 22.7 Å². The second kappa shape index (κ2) is 12.0. The van der Waals surface area contributed by atoms with E-state index in [1.54, 1.807) is 24.3 Å². The number of sulfonamides is 1. The van der Waals surface area contributed by atoms with E-state index in [-0.39, 0.29) is 10.9 Å². The van der Waals surface area contributed by atoms with Crippen molar-refractivity contribution in [1.82, 2.24) is 5.32 Å². The lowest BCUT2D eigenvalue weighted by atomic mass is 10.1. The molecule has 35 heavy (non-hydrogen) atoms. The Balaban J connectivity index is 1.84. The van der Waals surface area contributed by atoms with Gasteiger partial charge in [-0.05, 0) is 87.0 Å². The lowest BCUT2D eigenvalue weighted by Gasteiger charge is -2.25. The number of halogens is 1. The molecule has 0 fully saturated rings. The van der Waals surface area contributed by atoms with E-state index < -0.39 is 22.5 Å². The van der Waals surface area contributed by atoms with E-state index in [0.29, 0.717) is 29.7 Å². The van der Waals surface area contributed by atoms with Gasteiger partial charge in [-0.2, -0.15) is 0 Å². The fourth-order valence-electron chi connectivity index (χ4n) is 3.44. The van der Waals surface area contributed by atoms with Gasteiger partial charge in [0.25, 0.3) is 10.0 Å². The molecule has 186 valence electrons. The minimum atomic E-state index is -4.05. The Bertz CT molecular complexity index is 1210. The van der Waals surface area contributed by atoms with Gasteiger partial charge in [-0.25, -0.2) is 8.42 Å². The van der Waals surface area contributed by atoms with Crippen LogP contribution in [-0.4, -0.2) is 34.1 Å². The number of carbonyl (C=O) groups excluding carboxylic acids is 1. The van der Waals surface area contributed by atoms with Crippen LogP contribution in [0.25, 0.3) is 0 Å². The maximum Gasteiger partial charge on any atom is 0.264 e. The van der Waals surface area contributed by atoms with Crippen molar-refractivity contribution in [3.05, 3.63) is 83.4 Å². The summed E-state index contributed by atoms with van der Waals surface area (Å²) in [5, 5.41) is 3.30. The fraction of sp³-hybridized carbons (Fsp3) is 0.269. The zero-order valence-electron chi connectivity index (χ0n) is 19.9. The molecule has 0 aromatic heterocycles. The lowest BCUT2D eigenvalue weighted by molar-refractivity contribution is -0.120. The highest BCUT2D eigenvalue weighted by Gasteiger charge is 2.28. The predicted molar refractivity (Wildman–Crippen MR) is 138 cm³/mol. The average molecular weight is 517 g/mol. The minimum absolute atomic E-state index is 0.0307. The molecule has 0 aliphatic heterocycles. The van der Waals surface area contributed by atoms with Crippen molar-refractivity contribution in [1.29, 1.82) is 0 Å². The first-order chi connectivity index (χ1) is 16.7. The number of benzene rings is 3. The zero-order valence-corrected chi connectivity index (χ0v) is 21.5. The molecule has 9 heteroatoms. The van der Waals surface area contributed by atoms with E-state index in [1.165, 1.54) is 24.3 Å². The highest BCUT2D eigenvalue weighted by atomic mass is 35.5. The van der Waals surface area contributed by atoms with E-state index in [4.69, 9.17) is 21.1 Å². The lowest BCUT2D eigenvalue weighted by Crippen LogP contribution is -2.41. The van der Waals surface area contributed by atoms with Crippen LogP contribution in [0.15, 0.2) is 77.7 Å². The summed E-state index contributed by atoms with van der Waals surface area (Å²) in [6.07, 6.45) is 0. The number of nitrogens with one attached hydrogen (secondary N) is 1. The van der Waals surface area contributed by atoms with Crippen LogP contribution >= 0.6 is 11.6 Å². The van der Waals surface area contributed by atoms with Crippen LogP contribution in [-0.2, 0) is 14.8 Å². The average Bonchev–Trinajstić information content (AvgIpc) is 2.84. The Kier molecular flexibility index (Phi) is 9.01. The van der Waals surface area contributed by atoms with Gasteiger partial charge in [-0.15, -0.1) is 0 Å². The molecular formula is C26H29ClN2O5S. The number of carbonyl (C=O) groups is 1. The van der Waals surface area contributed by atoms with Crippen LogP contribution in [0.4, 0.5) is 5.69 Å². The van der Waals surface area contributed by atoms with Crippen LogP contribution in [0.1, 0.15) is 32.4 Å². The number of hydrogen-bond acceptors (Lipinski definition) is 5. The topological polar surface area (TPSA) is 84.9 Å². The molecule has 0 saturated heterocycles. The first kappa shape index (κ1) is 26.4. The number of rotatable bonds is 11. The van der Waals surface area contributed by atoms with Crippen molar-refractivity contribution >= 4 is 33.2 Å². The second-order valence-electron chi connectivity index (χ2n) is 7.68. The molecule has 7 nitrogen and oxygen atoms in total. The first-order valence-electron chi connectivity index (χ1n) is 11.3. The van der Waals surface area contributed by atoms with Gasteiger partial charge in [-0.3, -0.25) is 9.10 Å². The fourth-order valence-corrected chi connectivity index (χ4v) is 4.99. The second-order valence-corrected chi connectivity index (χ2v) is 9.98. The molecule has 0 bridgehead atoms. The van der Waals surface area contributed by atoms with Gasteiger partial charge >= 0.3 is 0 Å². The molecule has 3 rings (SSSR count). The normalized spacial score (nSPS) is 12.0. The molecule has 3 aromatic rings. The van der Waals surface area contributed by atoms with Crippen LogP contribution in [0.5, 0.6) is 11.5 Å².